The summed E-state index contributed by atoms with van der Waals surface area (Å²) in [5, 5.41) is 0. The van der Waals surface area contributed by atoms with E-state index in [2.05, 4.69) is 0 Å². The minimum atomic E-state index is -0.709. The van der Waals surface area contributed by atoms with Crippen LogP contribution in [0.4, 0.5) is 0 Å². The number of rotatable bonds is 8. The van der Waals surface area contributed by atoms with Crippen molar-refractivity contribution in [1.29, 1.82) is 0 Å². The van der Waals surface area contributed by atoms with Crippen molar-refractivity contribution in [2.45, 2.75) is 47.2 Å². The second-order valence-corrected chi connectivity index (χ2v) is 7.08. The summed E-state index contributed by atoms with van der Waals surface area (Å²) in [5.74, 6) is -0.284. The number of nitrogens with zero attached hydrogens (tertiary/aromatic N) is 2. The van der Waals surface area contributed by atoms with E-state index < -0.39 is 12.0 Å². The summed E-state index contributed by atoms with van der Waals surface area (Å²) in [7, 11) is 3.16. The van der Waals surface area contributed by atoms with Crippen LogP contribution in [-0.2, 0) is 11.3 Å². The SMILES string of the molecule is CCOC(=O)c1c(C)c(C(=O)[C@H](C)N(C)C(=O)c2ccc(OC)cc2)c(C)n1CC. The Morgan fingerprint density at radius 1 is 1.10 bits per heavy atom. The molecule has 0 fully saturated rings. The van der Waals surface area contributed by atoms with E-state index in [1.165, 1.54) is 4.90 Å². The van der Waals surface area contributed by atoms with Crippen LogP contribution in [0.15, 0.2) is 24.3 Å². The molecule has 1 amide bonds. The van der Waals surface area contributed by atoms with Crippen LogP contribution in [0.1, 0.15) is 63.2 Å². The van der Waals surface area contributed by atoms with Crippen molar-refractivity contribution in [2.75, 3.05) is 20.8 Å². The maximum atomic E-state index is 13.3. The second kappa shape index (κ2) is 9.61. The first-order valence-corrected chi connectivity index (χ1v) is 10.0. The summed E-state index contributed by atoms with van der Waals surface area (Å²) >= 11 is 0. The quantitative estimate of drug-likeness (QED) is 0.487. The topological polar surface area (TPSA) is 77.8 Å². The van der Waals surface area contributed by atoms with E-state index in [9.17, 15) is 14.4 Å². The van der Waals surface area contributed by atoms with Crippen molar-refractivity contribution in [1.82, 2.24) is 9.47 Å². The third kappa shape index (κ3) is 4.25. The largest absolute Gasteiger partial charge is 0.497 e. The van der Waals surface area contributed by atoms with Gasteiger partial charge in [0.25, 0.3) is 5.91 Å². The lowest BCUT2D eigenvalue weighted by Crippen LogP contribution is -2.40. The zero-order chi connectivity index (χ0) is 22.6. The molecule has 30 heavy (non-hydrogen) atoms. The lowest BCUT2D eigenvalue weighted by Gasteiger charge is -2.24. The van der Waals surface area contributed by atoms with Crippen molar-refractivity contribution in [3.8, 4) is 5.75 Å². The van der Waals surface area contributed by atoms with Gasteiger partial charge in [-0.2, -0.15) is 0 Å². The van der Waals surface area contributed by atoms with Gasteiger partial charge >= 0.3 is 5.97 Å². The molecule has 0 aliphatic heterocycles. The van der Waals surface area contributed by atoms with Gasteiger partial charge in [0.1, 0.15) is 11.4 Å². The van der Waals surface area contributed by atoms with E-state index in [0.717, 1.165) is 0 Å². The molecule has 0 N–H and O–H groups in total. The first-order valence-electron chi connectivity index (χ1n) is 10.0. The van der Waals surface area contributed by atoms with E-state index in [4.69, 9.17) is 9.47 Å². The number of carbonyl (C=O) groups excluding carboxylic acids is 3. The van der Waals surface area contributed by atoms with E-state index in [1.807, 2.05) is 13.8 Å². The highest BCUT2D eigenvalue weighted by atomic mass is 16.5. The Bertz CT molecular complexity index is 943. The normalized spacial score (nSPS) is 11.7. The zero-order valence-corrected chi connectivity index (χ0v) is 18.7. The molecule has 162 valence electrons. The molecule has 2 rings (SSSR count). The highest BCUT2D eigenvalue weighted by Gasteiger charge is 2.31. The lowest BCUT2D eigenvalue weighted by molar-refractivity contribution is 0.0512. The first-order chi connectivity index (χ1) is 14.2. The number of ether oxygens (including phenoxy) is 2. The molecule has 1 heterocycles. The van der Waals surface area contributed by atoms with Gasteiger partial charge in [-0.1, -0.05) is 0 Å². The van der Waals surface area contributed by atoms with Crippen molar-refractivity contribution >= 4 is 17.7 Å². The number of amides is 1. The fourth-order valence-corrected chi connectivity index (χ4v) is 3.61. The van der Waals surface area contributed by atoms with Gasteiger partial charge in [0.15, 0.2) is 5.78 Å². The monoisotopic (exact) mass is 414 g/mol. The summed E-state index contributed by atoms with van der Waals surface area (Å²) < 4.78 is 12.1. The zero-order valence-electron chi connectivity index (χ0n) is 18.7. The Labute approximate surface area is 177 Å². The number of aromatic nitrogens is 1. The molecule has 0 unspecified atom stereocenters. The summed E-state index contributed by atoms with van der Waals surface area (Å²) in [6.07, 6.45) is 0. The molecule has 0 bridgehead atoms. The molecule has 0 aliphatic rings. The Morgan fingerprint density at radius 2 is 1.70 bits per heavy atom. The van der Waals surface area contributed by atoms with Gasteiger partial charge in [0, 0.05) is 30.4 Å². The van der Waals surface area contributed by atoms with Gasteiger partial charge in [0.05, 0.1) is 19.8 Å². The van der Waals surface area contributed by atoms with Gasteiger partial charge in [0.2, 0.25) is 0 Å². The molecule has 7 heteroatoms. The summed E-state index contributed by atoms with van der Waals surface area (Å²) in [6.45, 7) is 9.69. The average Bonchev–Trinajstić information content (AvgIpc) is 3.01. The van der Waals surface area contributed by atoms with Crippen molar-refractivity contribution < 1.29 is 23.9 Å². The van der Waals surface area contributed by atoms with Crippen molar-refractivity contribution in [3.63, 3.8) is 0 Å². The van der Waals surface area contributed by atoms with Crippen LogP contribution < -0.4 is 4.74 Å². The molecule has 0 spiro atoms. The average molecular weight is 415 g/mol. The molecule has 0 saturated carbocycles. The van der Waals surface area contributed by atoms with Crippen LogP contribution in [-0.4, -0.2) is 53.9 Å². The molecule has 0 aliphatic carbocycles. The van der Waals surface area contributed by atoms with Crippen LogP contribution in [0.5, 0.6) is 5.75 Å². The molecule has 0 saturated heterocycles. The third-order valence-electron chi connectivity index (χ3n) is 5.42. The van der Waals surface area contributed by atoms with Gasteiger partial charge in [-0.15, -0.1) is 0 Å². The third-order valence-corrected chi connectivity index (χ3v) is 5.42. The van der Waals surface area contributed by atoms with Crippen LogP contribution in [0, 0.1) is 13.8 Å². The van der Waals surface area contributed by atoms with Gasteiger partial charge in [-0.3, -0.25) is 9.59 Å². The second-order valence-electron chi connectivity index (χ2n) is 7.08. The maximum Gasteiger partial charge on any atom is 0.355 e. The number of likely N-dealkylation sites (N-methyl/N-ethyl adjacent to an activating group) is 1. The van der Waals surface area contributed by atoms with Crippen LogP contribution >= 0.6 is 0 Å². The number of hydrogen-bond acceptors (Lipinski definition) is 5. The minimum absolute atomic E-state index is 0.216. The van der Waals surface area contributed by atoms with Crippen molar-refractivity contribution in [2.24, 2.45) is 0 Å². The molecule has 7 nitrogen and oxygen atoms in total. The molecule has 0 radical (unpaired) electrons. The number of esters is 1. The summed E-state index contributed by atoms with van der Waals surface area (Å²) in [4.78, 5) is 40.1. The van der Waals surface area contributed by atoms with Crippen molar-refractivity contribution in [3.05, 3.63) is 52.3 Å². The molecule has 1 aromatic heterocycles. The Morgan fingerprint density at radius 3 is 2.20 bits per heavy atom. The Hall–Kier alpha value is -3.09. The van der Waals surface area contributed by atoms with Crippen LogP contribution in [0.2, 0.25) is 0 Å². The molecule has 2 aromatic rings. The van der Waals surface area contributed by atoms with Gasteiger partial charge < -0.3 is 18.9 Å². The van der Waals surface area contributed by atoms with E-state index in [0.29, 0.717) is 40.4 Å². The minimum Gasteiger partial charge on any atom is -0.497 e. The summed E-state index contributed by atoms with van der Waals surface area (Å²) in [5.41, 5.74) is 2.58. The van der Waals surface area contributed by atoms with Gasteiger partial charge in [-0.25, -0.2) is 4.79 Å². The maximum absolute atomic E-state index is 13.3. The number of methoxy groups -OCH3 is 1. The van der Waals surface area contributed by atoms with Crippen LogP contribution in [0.25, 0.3) is 0 Å². The molecule has 1 atom stereocenters. The Balaban J connectivity index is 2.36. The summed E-state index contributed by atoms with van der Waals surface area (Å²) in [6, 6.07) is 6.03. The van der Waals surface area contributed by atoms with Gasteiger partial charge in [-0.05, 0) is 64.4 Å². The smallest absolute Gasteiger partial charge is 0.355 e. The fourth-order valence-electron chi connectivity index (χ4n) is 3.61. The Kier molecular flexibility index (Phi) is 7.43. The lowest BCUT2D eigenvalue weighted by atomic mass is 9.99. The van der Waals surface area contributed by atoms with E-state index in [-0.39, 0.29) is 18.3 Å². The highest BCUT2D eigenvalue weighted by Crippen LogP contribution is 2.26. The van der Waals surface area contributed by atoms with Crippen LogP contribution in [0.3, 0.4) is 0 Å². The number of ketones is 1. The highest BCUT2D eigenvalue weighted by molar-refractivity contribution is 6.07. The molecular weight excluding hydrogens is 384 g/mol. The number of hydrogen-bond donors (Lipinski definition) is 0. The molecular formula is C23H30N2O5. The standard InChI is InChI=1S/C23H30N2O5/c1-8-25-15(4)19(14(3)20(25)23(28)30-9-2)21(26)16(5)24(6)22(27)17-10-12-18(29-7)13-11-17/h10-13,16H,8-9H2,1-7H3/t16-/m0/s1. The predicted molar refractivity (Wildman–Crippen MR) is 114 cm³/mol. The fraction of sp³-hybridized carbons (Fsp3) is 0.435. The number of benzene rings is 1. The predicted octanol–water partition coefficient (Wildman–Crippen LogP) is 3.65. The first kappa shape index (κ1) is 23.2. The van der Waals surface area contributed by atoms with E-state index in [1.54, 1.807) is 63.8 Å². The molecule has 1 aromatic carbocycles. The van der Waals surface area contributed by atoms with E-state index >= 15 is 0 Å². The number of Topliss-reactive ketones (excluding diaryl/α,β-unsaturated/α-hetero) is 1. The number of carbonyl (C=O) groups is 3.